The maximum Gasteiger partial charge on any atom is 0.119 e. The minimum absolute atomic E-state index is 0.196. The summed E-state index contributed by atoms with van der Waals surface area (Å²) in [6, 6.07) is 17.4. The molecule has 0 saturated heterocycles. The second kappa shape index (κ2) is 11.3. The van der Waals surface area contributed by atoms with Crippen LogP contribution in [0, 0.1) is 0 Å². The van der Waals surface area contributed by atoms with Gasteiger partial charge < -0.3 is 9.47 Å². The molecule has 2 nitrogen and oxygen atoms in total. The van der Waals surface area contributed by atoms with Gasteiger partial charge in [-0.05, 0) is 86.3 Å². The van der Waals surface area contributed by atoms with Crippen LogP contribution >= 0.6 is 0 Å². The van der Waals surface area contributed by atoms with E-state index >= 15 is 0 Å². The van der Waals surface area contributed by atoms with Crippen LogP contribution in [0.2, 0.25) is 0 Å². The zero-order valence-electron chi connectivity index (χ0n) is 18.5. The first-order chi connectivity index (χ1) is 14.2. The van der Waals surface area contributed by atoms with Gasteiger partial charge in [-0.3, -0.25) is 0 Å². The van der Waals surface area contributed by atoms with E-state index in [0.29, 0.717) is 5.92 Å². The molecule has 0 radical (unpaired) electrons. The molecule has 0 aromatic heterocycles. The van der Waals surface area contributed by atoms with Crippen LogP contribution < -0.4 is 9.47 Å². The summed E-state index contributed by atoms with van der Waals surface area (Å²) in [5.41, 5.74) is 2.87. The topological polar surface area (TPSA) is 18.5 Å². The number of benzene rings is 2. The molecule has 1 saturated carbocycles. The molecule has 2 atom stereocenters. The Balaban J connectivity index is 1.35. The molecule has 0 aliphatic heterocycles. The molecule has 2 aromatic carbocycles. The molecule has 0 spiro atoms. The average Bonchev–Trinajstić information content (AvgIpc) is 2.78. The molecule has 0 bridgehead atoms. The van der Waals surface area contributed by atoms with Crippen molar-refractivity contribution in [3.63, 3.8) is 0 Å². The molecule has 158 valence electrons. The van der Waals surface area contributed by atoms with E-state index in [1.54, 1.807) is 0 Å². The molecule has 0 amide bonds. The number of hydrogen-bond acceptors (Lipinski definition) is 2. The standard InChI is InChI=1S/C27H38O2/c1-4-21(2)23-12-18-27(19-13-23)29-22(3)9-8-20-28-26-16-14-25(15-17-26)24-10-6-5-7-11-24/h12-19,21-22,24H,4-11,20H2,1-3H3. The normalized spacial score (nSPS) is 16.9. The zero-order chi connectivity index (χ0) is 20.5. The first-order valence-electron chi connectivity index (χ1n) is 11.6. The summed E-state index contributed by atoms with van der Waals surface area (Å²) in [5.74, 6) is 3.31. The molecule has 0 heterocycles. The Labute approximate surface area is 177 Å². The van der Waals surface area contributed by atoms with Crippen molar-refractivity contribution in [2.75, 3.05) is 6.61 Å². The van der Waals surface area contributed by atoms with Crippen molar-refractivity contribution in [2.45, 2.75) is 90.1 Å². The molecule has 2 heteroatoms. The van der Waals surface area contributed by atoms with Crippen LogP contribution in [0.25, 0.3) is 0 Å². The molecular formula is C27H38O2. The highest BCUT2D eigenvalue weighted by Crippen LogP contribution is 2.33. The lowest BCUT2D eigenvalue weighted by molar-refractivity contribution is 0.193. The average molecular weight is 395 g/mol. The summed E-state index contributed by atoms with van der Waals surface area (Å²) in [6.07, 6.45) is 10.2. The third-order valence-electron chi connectivity index (χ3n) is 6.38. The monoisotopic (exact) mass is 394 g/mol. The van der Waals surface area contributed by atoms with Crippen LogP contribution in [0.1, 0.15) is 95.1 Å². The lowest BCUT2D eigenvalue weighted by Crippen LogP contribution is -2.13. The van der Waals surface area contributed by atoms with Gasteiger partial charge in [0.2, 0.25) is 0 Å². The highest BCUT2D eigenvalue weighted by Gasteiger charge is 2.15. The van der Waals surface area contributed by atoms with Gasteiger partial charge in [-0.2, -0.15) is 0 Å². The van der Waals surface area contributed by atoms with E-state index in [1.165, 1.54) is 49.7 Å². The van der Waals surface area contributed by atoms with E-state index in [0.717, 1.165) is 36.9 Å². The number of rotatable bonds is 10. The van der Waals surface area contributed by atoms with Crippen molar-refractivity contribution in [2.24, 2.45) is 0 Å². The third-order valence-corrected chi connectivity index (χ3v) is 6.38. The maximum absolute atomic E-state index is 6.06. The summed E-state index contributed by atoms with van der Waals surface area (Å²) in [6.45, 7) is 7.37. The van der Waals surface area contributed by atoms with Crippen LogP contribution in [0.4, 0.5) is 0 Å². The quantitative estimate of drug-likeness (QED) is 0.382. The first kappa shape index (κ1) is 21.7. The number of hydrogen-bond donors (Lipinski definition) is 0. The molecule has 29 heavy (non-hydrogen) atoms. The van der Waals surface area contributed by atoms with E-state index in [9.17, 15) is 0 Å². The van der Waals surface area contributed by atoms with Crippen molar-refractivity contribution >= 4 is 0 Å². The van der Waals surface area contributed by atoms with Crippen molar-refractivity contribution in [1.29, 1.82) is 0 Å². The Hall–Kier alpha value is -1.96. The Morgan fingerprint density at radius 3 is 2.17 bits per heavy atom. The highest BCUT2D eigenvalue weighted by molar-refractivity contribution is 5.30. The summed E-state index contributed by atoms with van der Waals surface area (Å²) in [7, 11) is 0. The van der Waals surface area contributed by atoms with Gasteiger partial charge in [0, 0.05) is 0 Å². The van der Waals surface area contributed by atoms with Crippen LogP contribution in [-0.4, -0.2) is 12.7 Å². The van der Waals surface area contributed by atoms with Gasteiger partial charge in [-0.15, -0.1) is 0 Å². The Morgan fingerprint density at radius 2 is 1.52 bits per heavy atom. The van der Waals surface area contributed by atoms with Gasteiger partial charge in [0.05, 0.1) is 12.7 Å². The zero-order valence-corrected chi connectivity index (χ0v) is 18.5. The van der Waals surface area contributed by atoms with Crippen molar-refractivity contribution in [3.05, 3.63) is 59.7 Å². The minimum atomic E-state index is 0.196. The van der Waals surface area contributed by atoms with E-state index in [2.05, 4.69) is 69.3 Å². The van der Waals surface area contributed by atoms with Gasteiger partial charge >= 0.3 is 0 Å². The molecule has 1 aliphatic rings. The van der Waals surface area contributed by atoms with Crippen LogP contribution in [0.15, 0.2) is 48.5 Å². The SMILES string of the molecule is CCC(C)c1ccc(OC(C)CCCOc2ccc(C3CCCCC3)cc2)cc1. The third kappa shape index (κ3) is 6.80. The molecule has 2 unspecified atom stereocenters. The highest BCUT2D eigenvalue weighted by atomic mass is 16.5. The van der Waals surface area contributed by atoms with Gasteiger partial charge in [0.25, 0.3) is 0 Å². The van der Waals surface area contributed by atoms with Gasteiger partial charge in [-0.25, -0.2) is 0 Å². The Bertz CT molecular complexity index is 698. The van der Waals surface area contributed by atoms with E-state index in [-0.39, 0.29) is 6.10 Å². The fourth-order valence-electron chi connectivity index (χ4n) is 4.23. The van der Waals surface area contributed by atoms with E-state index in [4.69, 9.17) is 9.47 Å². The van der Waals surface area contributed by atoms with Crippen molar-refractivity contribution in [1.82, 2.24) is 0 Å². The summed E-state index contributed by atoms with van der Waals surface area (Å²) < 4.78 is 12.0. The molecule has 2 aromatic rings. The fraction of sp³-hybridized carbons (Fsp3) is 0.556. The van der Waals surface area contributed by atoms with Crippen LogP contribution in [0.5, 0.6) is 11.5 Å². The van der Waals surface area contributed by atoms with E-state index < -0.39 is 0 Å². The smallest absolute Gasteiger partial charge is 0.119 e. The fourth-order valence-corrected chi connectivity index (χ4v) is 4.23. The van der Waals surface area contributed by atoms with Gasteiger partial charge in [0.15, 0.2) is 0 Å². The van der Waals surface area contributed by atoms with Gasteiger partial charge in [0.1, 0.15) is 11.5 Å². The molecule has 3 rings (SSSR count). The molecular weight excluding hydrogens is 356 g/mol. The summed E-state index contributed by atoms with van der Waals surface area (Å²) >= 11 is 0. The lowest BCUT2D eigenvalue weighted by atomic mass is 9.84. The number of ether oxygens (including phenoxy) is 2. The first-order valence-corrected chi connectivity index (χ1v) is 11.6. The molecule has 0 N–H and O–H groups in total. The Morgan fingerprint density at radius 1 is 0.862 bits per heavy atom. The van der Waals surface area contributed by atoms with E-state index in [1.807, 2.05) is 0 Å². The van der Waals surface area contributed by atoms with Crippen LogP contribution in [0.3, 0.4) is 0 Å². The largest absolute Gasteiger partial charge is 0.494 e. The van der Waals surface area contributed by atoms with Crippen molar-refractivity contribution in [3.8, 4) is 11.5 Å². The maximum atomic E-state index is 6.06. The van der Waals surface area contributed by atoms with Crippen molar-refractivity contribution < 1.29 is 9.47 Å². The minimum Gasteiger partial charge on any atom is -0.494 e. The second-order valence-electron chi connectivity index (χ2n) is 8.70. The predicted octanol–water partition coefficient (Wildman–Crippen LogP) is 7.87. The van der Waals surface area contributed by atoms with Gasteiger partial charge in [-0.1, -0.05) is 57.4 Å². The summed E-state index contributed by atoms with van der Waals surface area (Å²) in [4.78, 5) is 0. The summed E-state index contributed by atoms with van der Waals surface area (Å²) in [5, 5.41) is 0. The Kier molecular flexibility index (Phi) is 8.46. The predicted molar refractivity (Wildman–Crippen MR) is 122 cm³/mol. The molecule has 1 fully saturated rings. The second-order valence-corrected chi connectivity index (χ2v) is 8.70. The lowest BCUT2D eigenvalue weighted by Gasteiger charge is -2.22. The molecule has 1 aliphatic carbocycles. The van der Waals surface area contributed by atoms with Crippen LogP contribution in [-0.2, 0) is 0 Å².